The Kier molecular flexibility index (Phi) is 29.0. The number of nitrogens with zero attached hydrogens (tertiary/aromatic N) is 4. The molecule has 0 amide bonds. The molecule has 3 aromatic carbocycles. The molecule has 61 heavy (non-hydrogen) atoms. The van der Waals surface area contributed by atoms with Crippen molar-refractivity contribution in [3.63, 3.8) is 0 Å². The SMILES string of the molecule is CCCCCCCCCCCCCCCCCCN(C)c1ccc2nc3ccc(N(C)CCCCCCCCCCCCCCCCCC)cc3[n+](-c3ccccc3)c2c1.[Cl-]. The minimum absolute atomic E-state index is 0. The van der Waals surface area contributed by atoms with Gasteiger partial charge in [0.2, 0.25) is 16.7 Å². The summed E-state index contributed by atoms with van der Waals surface area (Å²) >= 11 is 0. The third-order valence-corrected chi connectivity index (χ3v) is 13.2. The van der Waals surface area contributed by atoms with Crippen LogP contribution in [0.15, 0.2) is 66.7 Å². The van der Waals surface area contributed by atoms with Gasteiger partial charge in [0.1, 0.15) is 11.0 Å². The van der Waals surface area contributed by atoms with Gasteiger partial charge in [-0.3, -0.25) is 0 Å². The predicted molar refractivity (Wildman–Crippen MR) is 266 cm³/mol. The molecule has 0 spiro atoms. The van der Waals surface area contributed by atoms with Gasteiger partial charge in [-0.1, -0.05) is 225 Å². The molecular weight excluding hydrogens is 764 g/mol. The predicted octanol–water partition coefficient (Wildman–Crippen LogP) is 14.1. The van der Waals surface area contributed by atoms with Gasteiger partial charge in [0, 0.05) is 62.8 Å². The lowest BCUT2D eigenvalue weighted by Gasteiger charge is -2.20. The van der Waals surface area contributed by atoms with Crippen molar-refractivity contribution in [3.05, 3.63) is 66.7 Å². The Hall–Kier alpha value is -2.85. The van der Waals surface area contributed by atoms with Crippen LogP contribution in [0.1, 0.15) is 219 Å². The maximum Gasteiger partial charge on any atom is 0.239 e. The van der Waals surface area contributed by atoms with E-state index in [1.807, 2.05) is 0 Å². The van der Waals surface area contributed by atoms with Crippen LogP contribution in [-0.2, 0) is 0 Å². The molecule has 4 rings (SSSR count). The molecule has 0 atom stereocenters. The number of para-hydroxylation sites is 1. The van der Waals surface area contributed by atoms with E-state index in [0.717, 1.165) is 24.1 Å². The molecule has 0 unspecified atom stereocenters. The molecule has 4 aromatic rings. The van der Waals surface area contributed by atoms with Gasteiger partial charge < -0.3 is 22.2 Å². The van der Waals surface area contributed by atoms with E-state index in [4.69, 9.17) is 4.98 Å². The summed E-state index contributed by atoms with van der Waals surface area (Å²) in [5, 5.41) is 0. The summed E-state index contributed by atoms with van der Waals surface area (Å²) in [5.41, 5.74) is 8.15. The molecule has 5 heteroatoms. The number of benzene rings is 3. The summed E-state index contributed by atoms with van der Waals surface area (Å²) in [6, 6.07) is 24.6. The maximum atomic E-state index is 5.20. The fraction of sp³-hybridized carbons (Fsp3) is 0.679. The molecule has 1 heterocycles. The number of fused-ring (bicyclic) bond motifs is 2. The van der Waals surface area contributed by atoms with Crippen molar-refractivity contribution in [3.8, 4) is 5.69 Å². The van der Waals surface area contributed by atoms with Crippen molar-refractivity contribution in [2.45, 2.75) is 219 Å². The van der Waals surface area contributed by atoms with E-state index < -0.39 is 0 Å². The van der Waals surface area contributed by atoms with Crippen LogP contribution in [0.2, 0.25) is 0 Å². The molecular formula is C56H91ClN4. The first-order chi connectivity index (χ1) is 29.6. The Labute approximate surface area is 382 Å². The van der Waals surface area contributed by atoms with E-state index in [0.29, 0.717) is 0 Å². The first-order valence-electron chi connectivity index (χ1n) is 25.9. The van der Waals surface area contributed by atoms with Gasteiger partial charge in [-0.15, -0.1) is 4.57 Å². The summed E-state index contributed by atoms with van der Waals surface area (Å²) < 4.78 is 2.44. The van der Waals surface area contributed by atoms with Crippen molar-refractivity contribution < 1.29 is 17.0 Å². The van der Waals surface area contributed by atoms with E-state index in [2.05, 4.69) is 109 Å². The zero-order valence-corrected chi connectivity index (χ0v) is 40.8. The van der Waals surface area contributed by atoms with Crippen molar-refractivity contribution in [2.24, 2.45) is 0 Å². The van der Waals surface area contributed by atoms with Gasteiger partial charge in [0.25, 0.3) is 0 Å². The minimum Gasteiger partial charge on any atom is -1.00 e. The van der Waals surface area contributed by atoms with Gasteiger partial charge in [-0.25, -0.2) is 4.98 Å². The largest absolute Gasteiger partial charge is 1.00 e. The van der Waals surface area contributed by atoms with Gasteiger partial charge in [0.05, 0.1) is 0 Å². The van der Waals surface area contributed by atoms with Crippen molar-refractivity contribution in [2.75, 3.05) is 37.0 Å². The van der Waals surface area contributed by atoms with Gasteiger partial charge in [-0.2, -0.15) is 0 Å². The fourth-order valence-corrected chi connectivity index (χ4v) is 9.21. The molecule has 342 valence electrons. The molecule has 1 aromatic heterocycles. The highest BCUT2D eigenvalue weighted by Crippen LogP contribution is 2.26. The van der Waals surface area contributed by atoms with Gasteiger partial charge in [0.15, 0.2) is 0 Å². The molecule has 0 bridgehead atoms. The van der Waals surface area contributed by atoms with Crippen LogP contribution in [0.25, 0.3) is 27.8 Å². The molecule has 0 saturated carbocycles. The first kappa shape index (κ1) is 52.5. The highest BCUT2D eigenvalue weighted by molar-refractivity contribution is 5.86. The molecule has 4 nitrogen and oxygen atoms in total. The Morgan fingerprint density at radius 2 is 0.672 bits per heavy atom. The number of hydrogen-bond donors (Lipinski definition) is 0. The lowest BCUT2D eigenvalue weighted by atomic mass is 10.0. The number of aromatic nitrogens is 2. The number of halogens is 1. The van der Waals surface area contributed by atoms with E-state index in [1.165, 1.54) is 234 Å². The zero-order chi connectivity index (χ0) is 42.3. The van der Waals surface area contributed by atoms with Gasteiger partial charge >= 0.3 is 0 Å². The monoisotopic (exact) mass is 855 g/mol. The highest BCUT2D eigenvalue weighted by atomic mass is 35.5. The number of anilines is 2. The molecule has 0 saturated heterocycles. The second kappa shape index (κ2) is 33.7. The number of rotatable bonds is 37. The van der Waals surface area contributed by atoms with E-state index in [9.17, 15) is 0 Å². The first-order valence-corrected chi connectivity index (χ1v) is 25.9. The van der Waals surface area contributed by atoms with Crippen molar-refractivity contribution in [1.82, 2.24) is 4.98 Å². The number of unbranched alkanes of at least 4 members (excludes halogenated alkanes) is 30. The van der Waals surface area contributed by atoms with Crippen LogP contribution in [0, 0.1) is 0 Å². The van der Waals surface area contributed by atoms with Crippen LogP contribution < -0.4 is 26.8 Å². The molecule has 0 fully saturated rings. The van der Waals surface area contributed by atoms with E-state index in [-0.39, 0.29) is 12.4 Å². The average Bonchev–Trinajstić information content (AvgIpc) is 3.27. The molecule has 0 radical (unpaired) electrons. The summed E-state index contributed by atoms with van der Waals surface area (Å²) in [7, 11) is 4.53. The Bertz CT molecular complexity index is 1560. The lowest BCUT2D eigenvalue weighted by Crippen LogP contribution is -3.00. The zero-order valence-electron chi connectivity index (χ0n) is 40.1. The Morgan fingerprint density at radius 3 is 0.984 bits per heavy atom. The van der Waals surface area contributed by atoms with Crippen molar-refractivity contribution >= 4 is 33.4 Å². The topological polar surface area (TPSA) is 23.3 Å². The second-order valence-corrected chi connectivity index (χ2v) is 18.6. The van der Waals surface area contributed by atoms with Crippen LogP contribution in [0.3, 0.4) is 0 Å². The Morgan fingerprint density at radius 1 is 0.377 bits per heavy atom. The lowest BCUT2D eigenvalue weighted by molar-refractivity contribution is -0.538. The third-order valence-electron chi connectivity index (χ3n) is 13.2. The van der Waals surface area contributed by atoms with Crippen LogP contribution in [0.4, 0.5) is 11.4 Å². The highest BCUT2D eigenvalue weighted by Gasteiger charge is 2.21. The van der Waals surface area contributed by atoms with Gasteiger partial charge in [-0.05, 0) is 37.1 Å². The molecule has 0 aliphatic rings. The summed E-state index contributed by atoms with van der Waals surface area (Å²) in [4.78, 5) is 10.1. The van der Waals surface area contributed by atoms with E-state index >= 15 is 0 Å². The maximum absolute atomic E-state index is 5.20. The van der Waals surface area contributed by atoms with Crippen molar-refractivity contribution in [1.29, 1.82) is 0 Å². The second-order valence-electron chi connectivity index (χ2n) is 18.6. The Balaban J connectivity index is 0.00000992. The van der Waals surface area contributed by atoms with Crippen LogP contribution >= 0.6 is 0 Å². The summed E-state index contributed by atoms with van der Waals surface area (Å²) in [6.45, 7) is 6.79. The summed E-state index contributed by atoms with van der Waals surface area (Å²) in [6.07, 6.45) is 45.0. The van der Waals surface area contributed by atoms with E-state index in [1.54, 1.807) is 0 Å². The quantitative estimate of drug-likeness (QED) is 0.0256. The van der Waals surface area contributed by atoms with Crippen LogP contribution in [0.5, 0.6) is 0 Å². The normalized spacial score (nSPS) is 11.4. The summed E-state index contributed by atoms with van der Waals surface area (Å²) in [5.74, 6) is 0. The number of hydrogen-bond acceptors (Lipinski definition) is 3. The standard InChI is InChI=1S/C56H91N4.ClH/c1-5-7-9-11-13-15-17-19-21-23-25-27-29-31-33-38-46-58(3)51-42-44-53-55(48-51)60(50-40-36-35-37-41-50)56-49-52(43-45-54(56)57-53)59(4)47-39-34-32-30-28-26-24-22-20-18-16-14-12-10-8-6-2;/h35-37,40-45,48-49H,5-34,38-39,46-47H2,1-4H3;1H/q+1;/p-1. The average molecular weight is 856 g/mol. The molecule has 0 aliphatic heterocycles. The fourth-order valence-electron chi connectivity index (χ4n) is 9.21. The minimum atomic E-state index is 0. The molecule has 0 N–H and O–H groups in total. The smallest absolute Gasteiger partial charge is 0.239 e. The molecule has 0 aliphatic carbocycles. The third kappa shape index (κ3) is 20.9. The van der Waals surface area contributed by atoms with Crippen LogP contribution in [-0.4, -0.2) is 32.2 Å².